The van der Waals surface area contributed by atoms with E-state index in [0.717, 1.165) is 0 Å². The van der Waals surface area contributed by atoms with Gasteiger partial charge < -0.3 is 21.7 Å². The summed E-state index contributed by atoms with van der Waals surface area (Å²) in [5.41, 5.74) is 6.75. The number of carbonyl (C=O) groups excluding carboxylic acids is 3. The predicted molar refractivity (Wildman–Crippen MR) is 88.9 cm³/mol. The summed E-state index contributed by atoms with van der Waals surface area (Å²) in [6, 6.07) is 5.86. The van der Waals surface area contributed by atoms with Gasteiger partial charge in [0.2, 0.25) is 11.8 Å². The molecule has 0 fully saturated rings. The largest absolute Gasteiger partial charge is 0.352 e. The molecule has 0 bridgehead atoms. The maximum Gasteiger partial charge on any atom is 0.251 e. The zero-order valence-corrected chi connectivity index (χ0v) is 13.7. The Bertz CT molecular complexity index is 555. The zero-order chi connectivity index (χ0) is 17.4. The van der Waals surface area contributed by atoms with Crippen LogP contribution >= 0.6 is 0 Å². The number of nitrogens with two attached hydrogens (primary N) is 1. The topological polar surface area (TPSA) is 113 Å². The van der Waals surface area contributed by atoms with E-state index < -0.39 is 6.04 Å². The van der Waals surface area contributed by atoms with Gasteiger partial charge in [0.25, 0.3) is 5.91 Å². The molecule has 1 aromatic carbocycles. The van der Waals surface area contributed by atoms with Crippen LogP contribution in [-0.4, -0.2) is 36.9 Å². The molecule has 7 heteroatoms. The summed E-state index contributed by atoms with van der Waals surface area (Å²) in [7, 11) is 0. The van der Waals surface area contributed by atoms with Gasteiger partial charge in [0.05, 0.1) is 12.6 Å². The van der Waals surface area contributed by atoms with Crippen LogP contribution < -0.4 is 21.7 Å². The van der Waals surface area contributed by atoms with Gasteiger partial charge in [0, 0.05) is 17.8 Å². The summed E-state index contributed by atoms with van der Waals surface area (Å²) in [5.74, 6) is -0.887. The molecule has 5 N–H and O–H groups in total. The van der Waals surface area contributed by atoms with Crippen LogP contribution in [0.15, 0.2) is 24.3 Å². The fourth-order valence-electron chi connectivity index (χ4n) is 1.76. The highest BCUT2D eigenvalue weighted by molar-refractivity contribution is 5.97. The first kappa shape index (κ1) is 18.6. The van der Waals surface area contributed by atoms with E-state index in [1.54, 1.807) is 24.3 Å². The number of rotatable bonds is 7. The Morgan fingerprint density at radius 2 is 1.70 bits per heavy atom. The lowest BCUT2D eigenvalue weighted by Crippen LogP contribution is -2.46. The molecule has 0 aromatic heterocycles. The average molecular weight is 320 g/mol. The third-order valence-electron chi connectivity index (χ3n) is 3.21. The quantitative estimate of drug-likeness (QED) is 0.585. The second kappa shape index (κ2) is 8.89. The molecule has 0 heterocycles. The van der Waals surface area contributed by atoms with Gasteiger partial charge in [-0.25, -0.2) is 0 Å². The summed E-state index contributed by atoms with van der Waals surface area (Å²) in [4.78, 5) is 35.1. The van der Waals surface area contributed by atoms with Crippen molar-refractivity contribution in [3.05, 3.63) is 29.8 Å². The van der Waals surface area contributed by atoms with Gasteiger partial charge in [-0.1, -0.05) is 13.8 Å². The van der Waals surface area contributed by atoms with Crippen molar-refractivity contribution in [2.45, 2.75) is 26.8 Å². The first-order chi connectivity index (χ1) is 10.8. The van der Waals surface area contributed by atoms with Crippen LogP contribution in [0.1, 0.15) is 31.1 Å². The Labute approximate surface area is 136 Å². The minimum Gasteiger partial charge on any atom is -0.352 e. The first-order valence-electron chi connectivity index (χ1n) is 7.56. The van der Waals surface area contributed by atoms with E-state index in [0.29, 0.717) is 17.8 Å². The van der Waals surface area contributed by atoms with Crippen LogP contribution in [0.25, 0.3) is 0 Å². The van der Waals surface area contributed by atoms with Gasteiger partial charge >= 0.3 is 0 Å². The number of anilines is 1. The summed E-state index contributed by atoms with van der Waals surface area (Å²) in [6.45, 7) is 5.90. The molecule has 1 aromatic rings. The van der Waals surface area contributed by atoms with Gasteiger partial charge in [-0.3, -0.25) is 14.4 Å². The van der Waals surface area contributed by atoms with Gasteiger partial charge in [-0.2, -0.15) is 0 Å². The summed E-state index contributed by atoms with van der Waals surface area (Å²) in [5, 5.41) is 7.82. The Balaban J connectivity index is 2.48. The molecule has 0 unspecified atom stereocenters. The SMILES string of the molecule is CCNC(=O)c1ccc(NC(=O)CNC(=O)[C@@H](N)C(C)C)cc1. The molecule has 0 aliphatic rings. The highest BCUT2D eigenvalue weighted by Gasteiger charge is 2.17. The molecule has 3 amide bonds. The van der Waals surface area contributed by atoms with Crippen LogP contribution in [0.3, 0.4) is 0 Å². The van der Waals surface area contributed by atoms with Gasteiger partial charge in [-0.15, -0.1) is 0 Å². The predicted octanol–water partition coefficient (Wildman–Crippen LogP) is 0.474. The van der Waals surface area contributed by atoms with E-state index in [4.69, 9.17) is 5.73 Å². The van der Waals surface area contributed by atoms with Crippen molar-refractivity contribution in [1.82, 2.24) is 10.6 Å². The molecule has 0 aliphatic heterocycles. The molecule has 0 aliphatic carbocycles. The van der Waals surface area contributed by atoms with Crippen molar-refractivity contribution >= 4 is 23.4 Å². The molecular weight excluding hydrogens is 296 g/mol. The van der Waals surface area contributed by atoms with E-state index in [1.165, 1.54) is 0 Å². The molecular formula is C16H24N4O3. The summed E-state index contributed by atoms with van der Waals surface area (Å²) in [6.07, 6.45) is 0. The monoisotopic (exact) mass is 320 g/mol. The third-order valence-corrected chi connectivity index (χ3v) is 3.21. The van der Waals surface area contributed by atoms with E-state index in [1.807, 2.05) is 20.8 Å². The third kappa shape index (κ3) is 6.07. The summed E-state index contributed by atoms with van der Waals surface area (Å²) < 4.78 is 0. The average Bonchev–Trinajstić information content (AvgIpc) is 2.52. The molecule has 7 nitrogen and oxygen atoms in total. The van der Waals surface area contributed by atoms with Gasteiger partial charge in [0.1, 0.15) is 0 Å². The van der Waals surface area contributed by atoms with E-state index in [-0.39, 0.29) is 30.2 Å². The zero-order valence-electron chi connectivity index (χ0n) is 13.7. The van der Waals surface area contributed by atoms with Crippen LogP contribution in [0.5, 0.6) is 0 Å². The maximum absolute atomic E-state index is 11.8. The molecule has 0 saturated carbocycles. The van der Waals surface area contributed by atoms with Crippen molar-refractivity contribution in [1.29, 1.82) is 0 Å². The second-order valence-corrected chi connectivity index (χ2v) is 5.47. The van der Waals surface area contributed by atoms with Crippen LogP contribution in [0, 0.1) is 5.92 Å². The van der Waals surface area contributed by atoms with E-state index in [9.17, 15) is 14.4 Å². The number of hydrogen-bond acceptors (Lipinski definition) is 4. The Hall–Kier alpha value is -2.41. The molecule has 126 valence electrons. The van der Waals surface area contributed by atoms with Crippen molar-refractivity contribution in [2.75, 3.05) is 18.4 Å². The molecule has 0 saturated heterocycles. The molecule has 0 radical (unpaired) electrons. The van der Waals surface area contributed by atoms with Crippen molar-refractivity contribution < 1.29 is 14.4 Å². The summed E-state index contributed by atoms with van der Waals surface area (Å²) >= 11 is 0. The molecule has 0 spiro atoms. The van der Waals surface area contributed by atoms with Gasteiger partial charge in [0.15, 0.2) is 0 Å². The number of hydrogen-bond donors (Lipinski definition) is 4. The fraction of sp³-hybridized carbons (Fsp3) is 0.438. The second-order valence-electron chi connectivity index (χ2n) is 5.47. The number of nitrogens with one attached hydrogen (secondary N) is 3. The minimum atomic E-state index is -0.640. The van der Waals surface area contributed by atoms with Crippen LogP contribution in [0.2, 0.25) is 0 Å². The fourth-order valence-corrected chi connectivity index (χ4v) is 1.76. The number of amides is 3. The lowest BCUT2D eigenvalue weighted by molar-refractivity contribution is -0.125. The molecule has 1 atom stereocenters. The molecule has 23 heavy (non-hydrogen) atoms. The minimum absolute atomic E-state index is 0.000118. The lowest BCUT2D eigenvalue weighted by atomic mass is 10.1. The van der Waals surface area contributed by atoms with E-state index in [2.05, 4.69) is 16.0 Å². The Kier molecular flexibility index (Phi) is 7.21. The number of benzene rings is 1. The number of carbonyl (C=O) groups is 3. The normalized spacial score (nSPS) is 11.7. The Morgan fingerprint density at radius 3 is 2.22 bits per heavy atom. The smallest absolute Gasteiger partial charge is 0.251 e. The van der Waals surface area contributed by atoms with Crippen LogP contribution in [-0.2, 0) is 9.59 Å². The first-order valence-corrected chi connectivity index (χ1v) is 7.56. The van der Waals surface area contributed by atoms with Crippen molar-refractivity contribution in [3.8, 4) is 0 Å². The van der Waals surface area contributed by atoms with E-state index >= 15 is 0 Å². The Morgan fingerprint density at radius 1 is 1.09 bits per heavy atom. The lowest BCUT2D eigenvalue weighted by Gasteiger charge is -2.15. The molecule has 1 rings (SSSR count). The van der Waals surface area contributed by atoms with Crippen molar-refractivity contribution in [2.24, 2.45) is 11.7 Å². The maximum atomic E-state index is 11.8. The highest BCUT2D eigenvalue weighted by atomic mass is 16.2. The van der Waals surface area contributed by atoms with Gasteiger partial charge in [-0.05, 0) is 37.1 Å². The highest BCUT2D eigenvalue weighted by Crippen LogP contribution is 2.09. The van der Waals surface area contributed by atoms with Crippen molar-refractivity contribution in [3.63, 3.8) is 0 Å². The van der Waals surface area contributed by atoms with Crippen LogP contribution in [0.4, 0.5) is 5.69 Å². The standard InChI is InChI=1S/C16H24N4O3/c1-4-18-15(22)11-5-7-12(8-6-11)20-13(21)9-19-16(23)14(17)10(2)3/h5-8,10,14H,4,9,17H2,1-3H3,(H,18,22)(H,19,23)(H,20,21)/t14-/m0/s1.